The molecule has 0 saturated carbocycles. The van der Waals surface area contributed by atoms with Crippen LogP contribution >= 0.6 is 0 Å². The topological polar surface area (TPSA) is 66.9 Å². The first-order chi connectivity index (χ1) is 12.5. The number of anilines is 2. The molecule has 0 fully saturated rings. The van der Waals surface area contributed by atoms with Crippen molar-refractivity contribution < 1.29 is 9.18 Å². The number of nitrogens with zero attached hydrogens (tertiary/aromatic N) is 2. The Labute approximate surface area is 151 Å². The largest absolute Gasteiger partial charge is 0.364 e. The van der Waals surface area contributed by atoms with Gasteiger partial charge >= 0.3 is 0 Å². The van der Waals surface area contributed by atoms with E-state index in [9.17, 15) is 9.18 Å². The molecule has 132 valence electrons. The highest BCUT2D eigenvalue weighted by Gasteiger charge is 2.08. The summed E-state index contributed by atoms with van der Waals surface area (Å²) in [6.07, 6.45) is 0. The zero-order valence-electron chi connectivity index (χ0n) is 14.6. The SMILES string of the molecule is Cc1ccc(C(=O)Nc2ccc(NCc3ccccc3F)nn2)cc1C. The van der Waals surface area contributed by atoms with Crippen LogP contribution < -0.4 is 10.6 Å². The molecule has 0 aliphatic carbocycles. The van der Waals surface area contributed by atoms with Crippen LogP contribution in [-0.2, 0) is 6.54 Å². The Kier molecular flexibility index (Phi) is 5.22. The molecule has 0 unspecified atom stereocenters. The number of hydrogen-bond acceptors (Lipinski definition) is 4. The minimum atomic E-state index is -0.273. The zero-order valence-corrected chi connectivity index (χ0v) is 14.6. The number of benzene rings is 2. The minimum absolute atomic E-state index is 0.241. The number of carbonyl (C=O) groups is 1. The van der Waals surface area contributed by atoms with Crippen molar-refractivity contribution in [1.29, 1.82) is 0 Å². The molecule has 0 aliphatic heterocycles. The minimum Gasteiger partial charge on any atom is -0.364 e. The molecule has 0 spiro atoms. The molecule has 26 heavy (non-hydrogen) atoms. The van der Waals surface area contributed by atoms with E-state index in [0.29, 0.717) is 29.3 Å². The van der Waals surface area contributed by atoms with Crippen LogP contribution in [0.4, 0.5) is 16.0 Å². The molecule has 3 aromatic rings. The predicted molar refractivity (Wildman–Crippen MR) is 99.6 cm³/mol. The van der Waals surface area contributed by atoms with Gasteiger partial charge in [0.2, 0.25) is 0 Å². The van der Waals surface area contributed by atoms with Crippen LogP contribution in [0.15, 0.2) is 54.6 Å². The van der Waals surface area contributed by atoms with Gasteiger partial charge in [-0.15, -0.1) is 10.2 Å². The summed E-state index contributed by atoms with van der Waals surface area (Å²) in [5, 5.41) is 13.7. The second-order valence-corrected chi connectivity index (χ2v) is 6.00. The van der Waals surface area contributed by atoms with Crippen molar-refractivity contribution in [1.82, 2.24) is 10.2 Å². The summed E-state index contributed by atoms with van der Waals surface area (Å²) in [5.74, 6) is 0.335. The van der Waals surface area contributed by atoms with E-state index in [4.69, 9.17) is 0 Å². The molecule has 0 radical (unpaired) electrons. The summed E-state index contributed by atoms with van der Waals surface area (Å²) < 4.78 is 13.6. The highest BCUT2D eigenvalue weighted by molar-refractivity contribution is 6.03. The third kappa shape index (κ3) is 4.22. The lowest BCUT2D eigenvalue weighted by molar-refractivity contribution is 0.102. The second kappa shape index (κ2) is 7.74. The van der Waals surface area contributed by atoms with Crippen LogP contribution in [0.2, 0.25) is 0 Å². The van der Waals surface area contributed by atoms with Gasteiger partial charge in [-0.05, 0) is 55.3 Å². The van der Waals surface area contributed by atoms with Gasteiger partial charge in [0.15, 0.2) is 5.82 Å². The number of aryl methyl sites for hydroxylation is 2. The molecule has 1 amide bonds. The van der Waals surface area contributed by atoms with Gasteiger partial charge in [-0.1, -0.05) is 24.3 Å². The van der Waals surface area contributed by atoms with Crippen LogP contribution in [-0.4, -0.2) is 16.1 Å². The van der Waals surface area contributed by atoms with Gasteiger partial charge in [-0.3, -0.25) is 4.79 Å². The molecule has 6 heteroatoms. The number of nitrogens with one attached hydrogen (secondary N) is 2. The Morgan fingerprint density at radius 2 is 1.69 bits per heavy atom. The molecule has 2 N–H and O–H groups in total. The Morgan fingerprint density at radius 1 is 0.962 bits per heavy atom. The van der Waals surface area contributed by atoms with Gasteiger partial charge in [0.25, 0.3) is 5.91 Å². The summed E-state index contributed by atoms with van der Waals surface area (Å²) in [4.78, 5) is 12.3. The number of aromatic nitrogens is 2. The first kappa shape index (κ1) is 17.5. The summed E-state index contributed by atoms with van der Waals surface area (Å²) in [5.41, 5.74) is 3.29. The molecule has 0 atom stereocenters. The molecule has 2 aromatic carbocycles. The molecule has 1 aromatic heterocycles. The fourth-order valence-corrected chi connectivity index (χ4v) is 2.39. The first-order valence-corrected chi connectivity index (χ1v) is 8.22. The van der Waals surface area contributed by atoms with E-state index in [0.717, 1.165) is 11.1 Å². The Bertz CT molecular complexity index is 925. The van der Waals surface area contributed by atoms with E-state index < -0.39 is 0 Å². The summed E-state index contributed by atoms with van der Waals surface area (Å²) in [7, 11) is 0. The van der Waals surface area contributed by atoms with Crippen LogP contribution in [0, 0.1) is 19.7 Å². The molecular weight excluding hydrogens is 331 g/mol. The van der Waals surface area contributed by atoms with E-state index in [2.05, 4.69) is 20.8 Å². The zero-order chi connectivity index (χ0) is 18.5. The van der Waals surface area contributed by atoms with Gasteiger partial charge in [0.05, 0.1) is 0 Å². The second-order valence-electron chi connectivity index (χ2n) is 6.00. The third-order valence-corrected chi connectivity index (χ3v) is 4.09. The highest BCUT2D eigenvalue weighted by atomic mass is 19.1. The average Bonchev–Trinajstić information content (AvgIpc) is 2.64. The lowest BCUT2D eigenvalue weighted by Gasteiger charge is -2.08. The molecule has 5 nitrogen and oxygen atoms in total. The van der Waals surface area contributed by atoms with Gasteiger partial charge in [0.1, 0.15) is 11.6 Å². The van der Waals surface area contributed by atoms with E-state index in [1.165, 1.54) is 6.07 Å². The van der Waals surface area contributed by atoms with E-state index in [1.807, 2.05) is 26.0 Å². The van der Waals surface area contributed by atoms with Crippen molar-refractivity contribution in [2.45, 2.75) is 20.4 Å². The van der Waals surface area contributed by atoms with Crippen molar-refractivity contribution >= 4 is 17.5 Å². The molecule has 0 aliphatic rings. The van der Waals surface area contributed by atoms with Crippen LogP contribution in [0.1, 0.15) is 27.0 Å². The lowest BCUT2D eigenvalue weighted by atomic mass is 10.1. The van der Waals surface area contributed by atoms with Crippen molar-refractivity contribution in [2.75, 3.05) is 10.6 Å². The lowest BCUT2D eigenvalue weighted by Crippen LogP contribution is -2.14. The third-order valence-electron chi connectivity index (χ3n) is 4.09. The summed E-state index contributed by atoms with van der Waals surface area (Å²) in [6, 6.07) is 15.4. The fraction of sp³-hybridized carbons (Fsp3) is 0.150. The number of halogens is 1. The van der Waals surface area contributed by atoms with Gasteiger partial charge in [0, 0.05) is 17.7 Å². The Balaban J connectivity index is 1.61. The standard InChI is InChI=1S/C20H19FN4O/c1-13-7-8-15(11-14(13)2)20(26)23-19-10-9-18(24-25-19)22-12-16-5-3-4-6-17(16)21/h3-11H,12H2,1-2H3,(H,22,24)(H,23,25,26). The van der Waals surface area contributed by atoms with Crippen LogP contribution in [0.25, 0.3) is 0 Å². The van der Waals surface area contributed by atoms with Crippen LogP contribution in [0.5, 0.6) is 0 Å². The van der Waals surface area contributed by atoms with E-state index in [1.54, 1.807) is 36.4 Å². The molecule has 0 saturated heterocycles. The average molecular weight is 350 g/mol. The smallest absolute Gasteiger partial charge is 0.256 e. The maximum absolute atomic E-state index is 13.6. The van der Waals surface area contributed by atoms with Gasteiger partial charge in [-0.2, -0.15) is 0 Å². The number of amides is 1. The van der Waals surface area contributed by atoms with E-state index in [-0.39, 0.29) is 11.7 Å². The van der Waals surface area contributed by atoms with Crippen molar-refractivity contribution in [3.63, 3.8) is 0 Å². The number of carbonyl (C=O) groups excluding carboxylic acids is 1. The molecule has 0 bridgehead atoms. The van der Waals surface area contributed by atoms with Crippen molar-refractivity contribution in [2.24, 2.45) is 0 Å². The van der Waals surface area contributed by atoms with Crippen LogP contribution in [0.3, 0.4) is 0 Å². The summed E-state index contributed by atoms with van der Waals surface area (Å²) in [6.45, 7) is 4.26. The van der Waals surface area contributed by atoms with Crippen molar-refractivity contribution in [3.8, 4) is 0 Å². The predicted octanol–water partition coefficient (Wildman–Crippen LogP) is 4.10. The van der Waals surface area contributed by atoms with E-state index >= 15 is 0 Å². The van der Waals surface area contributed by atoms with Gasteiger partial charge in [-0.25, -0.2) is 4.39 Å². The quantitative estimate of drug-likeness (QED) is 0.727. The molecular formula is C20H19FN4O. The number of hydrogen-bond donors (Lipinski definition) is 2. The maximum atomic E-state index is 13.6. The van der Waals surface area contributed by atoms with Crippen molar-refractivity contribution in [3.05, 3.63) is 82.7 Å². The highest BCUT2D eigenvalue weighted by Crippen LogP contribution is 2.13. The Hall–Kier alpha value is -3.28. The summed E-state index contributed by atoms with van der Waals surface area (Å²) >= 11 is 0. The molecule has 3 rings (SSSR count). The Morgan fingerprint density at radius 3 is 2.38 bits per heavy atom. The van der Waals surface area contributed by atoms with Gasteiger partial charge < -0.3 is 10.6 Å². The number of rotatable bonds is 5. The molecule has 1 heterocycles. The normalized spacial score (nSPS) is 10.4. The maximum Gasteiger partial charge on any atom is 0.256 e. The first-order valence-electron chi connectivity index (χ1n) is 8.22. The fourth-order valence-electron chi connectivity index (χ4n) is 2.39. The monoisotopic (exact) mass is 350 g/mol.